The lowest BCUT2D eigenvalue weighted by Gasteiger charge is -2.16. The van der Waals surface area contributed by atoms with Crippen molar-refractivity contribution in [3.63, 3.8) is 0 Å². The van der Waals surface area contributed by atoms with Crippen molar-refractivity contribution in [2.24, 2.45) is 5.10 Å². The molecule has 5 aromatic rings. The molecule has 2 amide bonds. The lowest BCUT2D eigenvalue weighted by Crippen LogP contribution is -2.47. The highest BCUT2D eigenvalue weighted by atomic mass is 16.5. The average Bonchev–Trinajstić information content (AvgIpc) is 3.65. The second-order valence-electron chi connectivity index (χ2n) is 9.27. The highest BCUT2D eigenvalue weighted by molar-refractivity contribution is 6.00. The Labute approximate surface area is 236 Å². The van der Waals surface area contributed by atoms with Crippen molar-refractivity contribution in [1.29, 1.82) is 5.26 Å². The first-order chi connectivity index (χ1) is 20.1. The van der Waals surface area contributed by atoms with Gasteiger partial charge in [-0.1, -0.05) is 66.7 Å². The number of nitrogens with zero attached hydrogens (tertiary/aromatic N) is 4. The Balaban J connectivity index is 1.28. The predicted octanol–water partition coefficient (Wildman–Crippen LogP) is 4.27. The van der Waals surface area contributed by atoms with Gasteiger partial charge in [-0.3, -0.25) is 4.79 Å². The molecule has 3 N–H and O–H groups in total. The number of amides is 2. The molecule has 10 nitrogen and oxygen atoms in total. The summed E-state index contributed by atoms with van der Waals surface area (Å²) in [5.74, 6) is -0.515. The first-order valence-corrected chi connectivity index (χ1v) is 12.9. The number of alkyl carbamates (subject to hydrolysis) is 1. The first kappa shape index (κ1) is 26.9. The Hall–Kier alpha value is -5.69. The fourth-order valence-electron chi connectivity index (χ4n) is 4.44. The van der Waals surface area contributed by atoms with Crippen molar-refractivity contribution in [2.45, 2.75) is 25.6 Å². The molecular weight excluding hydrogens is 518 g/mol. The normalized spacial score (nSPS) is 11.7. The molecule has 0 unspecified atom stereocenters. The number of hydrazone groups is 1. The predicted molar refractivity (Wildman–Crippen MR) is 154 cm³/mol. The summed E-state index contributed by atoms with van der Waals surface area (Å²) in [7, 11) is 0. The van der Waals surface area contributed by atoms with Crippen LogP contribution in [-0.4, -0.2) is 38.8 Å². The molecule has 0 aliphatic heterocycles. The molecule has 2 heterocycles. The number of benzene rings is 3. The van der Waals surface area contributed by atoms with Crippen molar-refractivity contribution in [1.82, 2.24) is 25.3 Å². The Bertz CT molecular complexity index is 1700. The number of imidazole rings is 1. The molecule has 1 atom stereocenters. The molecule has 0 saturated heterocycles. The van der Waals surface area contributed by atoms with Crippen LogP contribution in [0.2, 0.25) is 0 Å². The van der Waals surface area contributed by atoms with E-state index in [1.165, 1.54) is 6.33 Å². The van der Waals surface area contributed by atoms with Gasteiger partial charge in [-0.15, -0.1) is 0 Å². The molecule has 0 saturated carbocycles. The highest BCUT2D eigenvalue weighted by Gasteiger charge is 2.22. The van der Waals surface area contributed by atoms with Crippen molar-refractivity contribution >= 4 is 29.1 Å². The van der Waals surface area contributed by atoms with Gasteiger partial charge in [-0.05, 0) is 23.3 Å². The number of carbonyl (C=O) groups excluding carboxylic acids is 2. The third kappa shape index (κ3) is 6.85. The summed E-state index contributed by atoms with van der Waals surface area (Å²) in [5.41, 5.74) is 7.31. The first-order valence-electron chi connectivity index (χ1n) is 12.9. The van der Waals surface area contributed by atoms with Crippen LogP contribution in [0.5, 0.6) is 0 Å². The van der Waals surface area contributed by atoms with Crippen LogP contribution in [0.4, 0.5) is 4.79 Å². The Morgan fingerprint density at radius 1 is 1.07 bits per heavy atom. The number of rotatable bonds is 10. The number of nitrogens with one attached hydrogen (secondary N) is 3. The zero-order valence-electron chi connectivity index (χ0n) is 22.0. The molecule has 0 fully saturated rings. The Kier molecular flexibility index (Phi) is 8.47. The van der Waals surface area contributed by atoms with Gasteiger partial charge in [0.1, 0.15) is 12.6 Å². The summed E-state index contributed by atoms with van der Waals surface area (Å²) in [6.45, 7) is 0.581. The smallest absolute Gasteiger partial charge is 0.408 e. The fraction of sp³-hybridized carbons (Fsp3) is 0.129. The molecule has 0 radical (unpaired) electrons. The second kappa shape index (κ2) is 12.9. The SMILES string of the molecule is N#Cc1ccccc1Cn1cc(/C=N\NC(=O)[C@H](Cc2cnc[nH]2)NC(=O)OCc2ccccc2)c2ccccc21. The molecule has 41 heavy (non-hydrogen) atoms. The third-order valence-electron chi connectivity index (χ3n) is 6.48. The monoisotopic (exact) mass is 545 g/mol. The summed E-state index contributed by atoms with van der Waals surface area (Å²) in [4.78, 5) is 32.5. The van der Waals surface area contributed by atoms with Crippen LogP contribution in [-0.2, 0) is 29.1 Å². The van der Waals surface area contributed by atoms with E-state index in [1.54, 1.807) is 18.5 Å². The van der Waals surface area contributed by atoms with Gasteiger partial charge in [0.2, 0.25) is 0 Å². The van der Waals surface area contributed by atoms with Crippen molar-refractivity contribution in [2.75, 3.05) is 0 Å². The van der Waals surface area contributed by atoms with E-state index in [-0.39, 0.29) is 13.0 Å². The molecule has 2 aromatic heterocycles. The van der Waals surface area contributed by atoms with E-state index in [9.17, 15) is 14.9 Å². The van der Waals surface area contributed by atoms with E-state index in [1.807, 2.05) is 83.6 Å². The number of H-pyrrole nitrogens is 1. The number of aromatic amines is 1. The van der Waals surface area contributed by atoms with E-state index in [4.69, 9.17) is 4.74 Å². The summed E-state index contributed by atoms with van der Waals surface area (Å²) < 4.78 is 7.34. The van der Waals surface area contributed by atoms with Crippen LogP contribution in [0, 0.1) is 11.3 Å². The maximum atomic E-state index is 13.1. The van der Waals surface area contributed by atoms with E-state index in [0.29, 0.717) is 17.8 Å². The average molecular weight is 546 g/mol. The van der Waals surface area contributed by atoms with Crippen LogP contribution in [0.25, 0.3) is 10.9 Å². The maximum Gasteiger partial charge on any atom is 0.408 e. The topological polar surface area (TPSA) is 137 Å². The molecule has 5 rings (SSSR count). The molecule has 10 heteroatoms. The second-order valence-corrected chi connectivity index (χ2v) is 9.27. The minimum absolute atomic E-state index is 0.0755. The number of ether oxygens (including phenoxy) is 1. The lowest BCUT2D eigenvalue weighted by atomic mass is 10.1. The van der Waals surface area contributed by atoms with Crippen LogP contribution in [0.15, 0.2) is 103 Å². The van der Waals surface area contributed by atoms with Gasteiger partial charge in [0.05, 0.1) is 24.2 Å². The number of aromatic nitrogens is 3. The van der Waals surface area contributed by atoms with Crippen LogP contribution < -0.4 is 10.7 Å². The standard InChI is InChI=1S/C31H27N7O3/c32-15-23-10-4-5-11-24(23)18-38-19-25(27-12-6-7-13-29(27)38)16-35-37-30(39)28(14-26-17-33-21-34-26)36-31(40)41-20-22-8-2-1-3-9-22/h1-13,16-17,19,21,28H,14,18,20H2,(H,33,34)(H,36,40)(H,37,39)/b35-16-/t28-/m0/s1. The quantitative estimate of drug-likeness (QED) is 0.178. The van der Waals surface area contributed by atoms with Gasteiger partial charge in [0.25, 0.3) is 5.91 Å². The Morgan fingerprint density at radius 2 is 1.85 bits per heavy atom. The minimum atomic E-state index is -0.959. The van der Waals surface area contributed by atoms with Gasteiger partial charge in [0, 0.05) is 47.5 Å². The number of carbonyl (C=O) groups is 2. The molecule has 0 spiro atoms. The minimum Gasteiger partial charge on any atom is -0.445 e. The number of fused-ring (bicyclic) bond motifs is 1. The van der Waals surface area contributed by atoms with E-state index in [2.05, 4.69) is 31.9 Å². The zero-order chi connectivity index (χ0) is 28.4. The largest absolute Gasteiger partial charge is 0.445 e. The van der Waals surface area contributed by atoms with Crippen molar-refractivity contribution < 1.29 is 14.3 Å². The number of hydrogen-bond donors (Lipinski definition) is 3. The molecule has 0 bridgehead atoms. The number of para-hydroxylation sites is 1. The summed E-state index contributed by atoms with van der Waals surface area (Å²) in [6, 6.07) is 25.9. The molecule has 204 valence electrons. The van der Waals surface area contributed by atoms with Gasteiger partial charge in [-0.25, -0.2) is 15.2 Å². The van der Waals surface area contributed by atoms with E-state index < -0.39 is 18.0 Å². The van der Waals surface area contributed by atoms with Gasteiger partial charge < -0.3 is 19.6 Å². The van der Waals surface area contributed by atoms with E-state index in [0.717, 1.165) is 27.6 Å². The zero-order valence-corrected chi connectivity index (χ0v) is 22.0. The van der Waals surface area contributed by atoms with Gasteiger partial charge in [-0.2, -0.15) is 10.4 Å². The fourth-order valence-corrected chi connectivity index (χ4v) is 4.44. The summed E-state index contributed by atoms with van der Waals surface area (Å²) in [5, 5.41) is 17.2. The molecule has 3 aromatic carbocycles. The van der Waals surface area contributed by atoms with Crippen LogP contribution in [0.1, 0.15) is 27.9 Å². The van der Waals surface area contributed by atoms with Gasteiger partial charge >= 0.3 is 6.09 Å². The number of hydrogen-bond acceptors (Lipinski definition) is 6. The highest BCUT2D eigenvalue weighted by Crippen LogP contribution is 2.22. The van der Waals surface area contributed by atoms with Gasteiger partial charge in [0.15, 0.2) is 0 Å². The van der Waals surface area contributed by atoms with Crippen molar-refractivity contribution in [3.05, 3.63) is 126 Å². The summed E-state index contributed by atoms with van der Waals surface area (Å²) in [6.07, 6.45) is 6.02. The molecule has 0 aliphatic rings. The Morgan fingerprint density at radius 3 is 2.66 bits per heavy atom. The van der Waals surface area contributed by atoms with Crippen LogP contribution in [0.3, 0.4) is 0 Å². The van der Waals surface area contributed by atoms with Crippen molar-refractivity contribution in [3.8, 4) is 6.07 Å². The van der Waals surface area contributed by atoms with E-state index >= 15 is 0 Å². The molecular formula is C31H27N7O3. The summed E-state index contributed by atoms with van der Waals surface area (Å²) >= 11 is 0. The number of nitriles is 1. The maximum absolute atomic E-state index is 13.1. The molecule has 0 aliphatic carbocycles. The van der Waals surface area contributed by atoms with Crippen LogP contribution >= 0.6 is 0 Å². The third-order valence-corrected chi connectivity index (χ3v) is 6.48. The lowest BCUT2D eigenvalue weighted by molar-refractivity contribution is -0.123.